The lowest BCUT2D eigenvalue weighted by atomic mass is 10.1. The average Bonchev–Trinajstić information content (AvgIpc) is 3.14. The van der Waals surface area contributed by atoms with Crippen LogP contribution in [0.5, 0.6) is 0 Å². The van der Waals surface area contributed by atoms with E-state index in [0.717, 1.165) is 48.3 Å². The molecule has 0 unspecified atom stereocenters. The zero-order chi connectivity index (χ0) is 16.4. The average molecular weight is 332 g/mol. The van der Waals surface area contributed by atoms with Crippen LogP contribution < -0.4 is 4.90 Å². The Kier molecular flexibility index (Phi) is 4.52. The fraction of sp³-hybridized carbons (Fsp3) is 0.294. The first-order chi connectivity index (χ1) is 11.1. The van der Waals surface area contributed by atoms with Gasteiger partial charge in [0.05, 0.1) is 4.91 Å². The van der Waals surface area contributed by atoms with Gasteiger partial charge in [-0.2, -0.15) is 0 Å². The van der Waals surface area contributed by atoms with Crippen molar-refractivity contribution in [3.05, 3.63) is 47.1 Å². The van der Waals surface area contributed by atoms with Crippen LogP contribution in [0.1, 0.15) is 18.4 Å². The highest BCUT2D eigenvalue weighted by molar-refractivity contribution is 8.18. The van der Waals surface area contributed by atoms with Crippen molar-refractivity contribution in [3.8, 4) is 0 Å². The largest absolute Gasteiger partial charge is 0.371 e. The van der Waals surface area contributed by atoms with Crippen LogP contribution in [0.3, 0.4) is 0 Å². The lowest BCUT2D eigenvalue weighted by Gasteiger charge is -2.17. The number of carbonyl (C=O) groups excluding carboxylic acids is 2. The van der Waals surface area contributed by atoms with E-state index in [-0.39, 0.29) is 22.5 Å². The van der Waals surface area contributed by atoms with Gasteiger partial charge >= 0.3 is 0 Å². The Hall–Kier alpha value is -2.08. The third-order valence-electron chi connectivity index (χ3n) is 3.93. The third kappa shape index (κ3) is 3.17. The van der Waals surface area contributed by atoms with Crippen molar-refractivity contribution in [3.63, 3.8) is 0 Å². The number of imide groups is 1. The van der Waals surface area contributed by atoms with E-state index in [1.165, 1.54) is 18.2 Å². The molecule has 0 aromatic heterocycles. The molecule has 0 spiro atoms. The summed E-state index contributed by atoms with van der Waals surface area (Å²) >= 11 is 0.828. The standard InChI is InChI=1S/C17H17FN2O2S/c1-2-7-20-16(21)15(23-17(20)22)10-12-5-6-13(11-14(12)18)19-8-3-4-9-19/h2,5-6,10-11H,1,3-4,7-9H2/b15-10+. The van der Waals surface area contributed by atoms with E-state index in [1.807, 2.05) is 6.07 Å². The Morgan fingerprint density at radius 2 is 2.00 bits per heavy atom. The van der Waals surface area contributed by atoms with E-state index >= 15 is 0 Å². The Bertz CT molecular complexity index is 696. The molecule has 2 saturated heterocycles. The smallest absolute Gasteiger partial charge is 0.293 e. The summed E-state index contributed by atoms with van der Waals surface area (Å²) in [4.78, 5) is 27.4. The van der Waals surface area contributed by atoms with E-state index in [1.54, 1.807) is 6.07 Å². The van der Waals surface area contributed by atoms with Gasteiger partial charge in [0, 0.05) is 30.9 Å². The SMILES string of the molecule is C=CCN1C(=O)S/C(=C/c2ccc(N3CCCC3)cc2F)C1=O. The van der Waals surface area contributed by atoms with E-state index in [2.05, 4.69) is 11.5 Å². The molecule has 0 saturated carbocycles. The minimum Gasteiger partial charge on any atom is -0.371 e. The van der Waals surface area contributed by atoms with Crippen molar-refractivity contribution in [2.45, 2.75) is 12.8 Å². The fourth-order valence-corrected chi connectivity index (χ4v) is 3.57. The van der Waals surface area contributed by atoms with Gasteiger partial charge in [-0.25, -0.2) is 4.39 Å². The molecule has 0 bridgehead atoms. The molecule has 1 aromatic rings. The Morgan fingerprint density at radius 1 is 1.26 bits per heavy atom. The Morgan fingerprint density at radius 3 is 2.65 bits per heavy atom. The molecular formula is C17H17FN2O2S. The van der Waals surface area contributed by atoms with Crippen LogP contribution in [0.15, 0.2) is 35.8 Å². The molecule has 0 radical (unpaired) electrons. The molecule has 6 heteroatoms. The van der Waals surface area contributed by atoms with Crippen LogP contribution in [0.2, 0.25) is 0 Å². The quantitative estimate of drug-likeness (QED) is 0.623. The molecule has 0 atom stereocenters. The van der Waals surface area contributed by atoms with Gasteiger partial charge in [-0.05, 0) is 48.9 Å². The van der Waals surface area contributed by atoms with Crippen LogP contribution >= 0.6 is 11.8 Å². The van der Waals surface area contributed by atoms with Crippen molar-refractivity contribution in [2.75, 3.05) is 24.5 Å². The summed E-state index contributed by atoms with van der Waals surface area (Å²) in [5.74, 6) is -0.784. The summed E-state index contributed by atoms with van der Waals surface area (Å²) in [6.45, 7) is 5.58. The Labute approximate surface area is 138 Å². The van der Waals surface area contributed by atoms with E-state index in [4.69, 9.17) is 0 Å². The van der Waals surface area contributed by atoms with Crippen LogP contribution in [0.4, 0.5) is 14.9 Å². The molecule has 120 valence electrons. The fourth-order valence-electron chi connectivity index (χ4n) is 2.73. The highest BCUT2D eigenvalue weighted by atomic mass is 32.2. The first-order valence-electron chi connectivity index (χ1n) is 7.51. The first-order valence-corrected chi connectivity index (χ1v) is 8.32. The normalized spacial score (nSPS) is 20.0. The highest BCUT2D eigenvalue weighted by Crippen LogP contribution is 2.33. The second kappa shape index (κ2) is 6.58. The van der Waals surface area contributed by atoms with Gasteiger partial charge in [0.1, 0.15) is 5.82 Å². The number of rotatable bonds is 4. The van der Waals surface area contributed by atoms with Crippen LogP contribution in [0.25, 0.3) is 6.08 Å². The van der Waals surface area contributed by atoms with Crippen molar-refractivity contribution >= 4 is 34.7 Å². The first kappa shape index (κ1) is 15.8. The van der Waals surface area contributed by atoms with Gasteiger partial charge in [-0.3, -0.25) is 14.5 Å². The number of halogens is 1. The van der Waals surface area contributed by atoms with Gasteiger partial charge in [0.15, 0.2) is 0 Å². The van der Waals surface area contributed by atoms with Gasteiger partial charge in [-0.1, -0.05) is 6.08 Å². The van der Waals surface area contributed by atoms with Crippen molar-refractivity contribution < 1.29 is 14.0 Å². The molecule has 2 heterocycles. The molecule has 2 fully saturated rings. The van der Waals surface area contributed by atoms with Gasteiger partial charge < -0.3 is 4.90 Å². The maximum Gasteiger partial charge on any atom is 0.293 e. The van der Waals surface area contributed by atoms with Gasteiger partial charge in [0.25, 0.3) is 11.1 Å². The molecule has 0 aliphatic carbocycles. The molecule has 4 nitrogen and oxygen atoms in total. The summed E-state index contributed by atoms with van der Waals surface area (Å²) in [6.07, 6.45) is 5.18. The number of carbonyl (C=O) groups is 2. The maximum absolute atomic E-state index is 14.3. The molecule has 3 rings (SSSR count). The predicted octanol–water partition coefficient (Wildman–Crippen LogP) is 3.65. The zero-order valence-corrected chi connectivity index (χ0v) is 13.4. The summed E-state index contributed by atoms with van der Waals surface area (Å²) in [7, 11) is 0. The number of thioether (sulfide) groups is 1. The molecule has 0 N–H and O–H groups in total. The molecule has 23 heavy (non-hydrogen) atoms. The van der Waals surface area contributed by atoms with Gasteiger partial charge in [-0.15, -0.1) is 6.58 Å². The number of benzene rings is 1. The highest BCUT2D eigenvalue weighted by Gasteiger charge is 2.34. The number of hydrogen-bond acceptors (Lipinski definition) is 4. The van der Waals surface area contributed by atoms with E-state index < -0.39 is 5.91 Å². The summed E-state index contributed by atoms with van der Waals surface area (Å²) in [5, 5.41) is -0.352. The molecular weight excluding hydrogens is 315 g/mol. The molecule has 1 aromatic carbocycles. The summed E-state index contributed by atoms with van der Waals surface area (Å²) < 4.78 is 14.3. The zero-order valence-electron chi connectivity index (χ0n) is 12.6. The number of anilines is 1. The van der Waals surface area contributed by atoms with Crippen LogP contribution in [0, 0.1) is 5.82 Å². The monoisotopic (exact) mass is 332 g/mol. The molecule has 2 aliphatic rings. The van der Waals surface area contributed by atoms with E-state index in [0.29, 0.717) is 5.56 Å². The van der Waals surface area contributed by atoms with Crippen molar-refractivity contribution in [1.82, 2.24) is 4.90 Å². The van der Waals surface area contributed by atoms with Crippen molar-refractivity contribution in [1.29, 1.82) is 0 Å². The second-order valence-electron chi connectivity index (χ2n) is 5.48. The summed E-state index contributed by atoms with van der Waals surface area (Å²) in [5.41, 5.74) is 1.17. The van der Waals surface area contributed by atoms with Gasteiger partial charge in [0.2, 0.25) is 0 Å². The maximum atomic E-state index is 14.3. The third-order valence-corrected chi connectivity index (χ3v) is 4.83. The second-order valence-corrected chi connectivity index (χ2v) is 6.47. The van der Waals surface area contributed by atoms with Crippen LogP contribution in [-0.2, 0) is 4.79 Å². The number of amides is 2. The lowest BCUT2D eigenvalue weighted by molar-refractivity contribution is -0.122. The summed E-state index contributed by atoms with van der Waals surface area (Å²) in [6, 6.07) is 5.00. The molecule has 2 aliphatic heterocycles. The minimum absolute atomic E-state index is 0.165. The lowest BCUT2D eigenvalue weighted by Crippen LogP contribution is -2.27. The molecule has 2 amide bonds. The number of nitrogens with zero attached hydrogens (tertiary/aromatic N) is 2. The minimum atomic E-state index is -0.400. The van der Waals surface area contributed by atoms with Crippen LogP contribution in [-0.4, -0.2) is 35.7 Å². The Balaban J connectivity index is 1.83. The topological polar surface area (TPSA) is 40.6 Å². The van der Waals surface area contributed by atoms with E-state index in [9.17, 15) is 14.0 Å². The predicted molar refractivity (Wildman–Crippen MR) is 90.7 cm³/mol. The van der Waals surface area contributed by atoms with Crippen molar-refractivity contribution in [2.24, 2.45) is 0 Å². The number of hydrogen-bond donors (Lipinski definition) is 0.